The number of urea groups is 1. The van der Waals surface area contributed by atoms with Gasteiger partial charge in [0.15, 0.2) is 0 Å². The van der Waals surface area contributed by atoms with Crippen LogP contribution in [0.3, 0.4) is 0 Å². The highest BCUT2D eigenvalue weighted by atomic mass is 32.2. The Bertz CT molecular complexity index is 783. The van der Waals surface area contributed by atoms with Crippen LogP contribution in [-0.4, -0.2) is 49.9 Å². The first kappa shape index (κ1) is 21.4. The monoisotopic (exact) mass is 403 g/mol. The summed E-state index contributed by atoms with van der Waals surface area (Å²) >= 11 is 1.48. The molecule has 0 aliphatic carbocycles. The molecule has 8 heteroatoms. The predicted molar refractivity (Wildman–Crippen MR) is 111 cm³/mol. The number of carbonyl (C=O) groups excluding carboxylic acids is 2. The standard InChI is InChI=1S/C20H25N3O4S/c1-23(12-13-27-16-9-7-15(26-2)8-10-16)20(25)22-17-5-3-4-6-18(17)28-14-11-19(21)24/h3-10H,11-14H2,1-2H3,(H2,21,24)(H,22,25). The molecule has 0 saturated heterocycles. The van der Waals surface area contributed by atoms with E-state index >= 15 is 0 Å². The van der Waals surface area contributed by atoms with Crippen molar-refractivity contribution in [2.75, 3.05) is 38.4 Å². The van der Waals surface area contributed by atoms with Crippen LogP contribution in [0.25, 0.3) is 0 Å². The maximum absolute atomic E-state index is 12.4. The average molecular weight is 404 g/mol. The van der Waals surface area contributed by atoms with Crippen LogP contribution in [0.4, 0.5) is 10.5 Å². The van der Waals surface area contributed by atoms with E-state index in [4.69, 9.17) is 15.2 Å². The Kier molecular flexibility index (Phi) is 8.48. The quantitative estimate of drug-likeness (QED) is 0.594. The summed E-state index contributed by atoms with van der Waals surface area (Å²) in [5.41, 5.74) is 5.87. The minimum absolute atomic E-state index is 0.235. The molecular formula is C20H25N3O4S. The molecule has 0 radical (unpaired) electrons. The molecule has 28 heavy (non-hydrogen) atoms. The molecular weight excluding hydrogens is 378 g/mol. The Morgan fingerprint density at radius 3 is 2.46 bits per heavy atom. The number of nitrogens with zero attached hydrogens (tertiary/aromatic N) is 1. The molecule has 3 N–H and O–H groups in total. The number of ether oxygens (including phenoxy) is 2. The number of nitrogens with one attached hydrogen (secondary N) is 1. The number of amides is 3. The number of thioether (sulfide) groups is 1. The van der Waals surface area contributed by atoms with Gasteiger partial charge in [0.05, 0.1) is 19.3 Å². The van der Waals surface area contributed by atoms with Crippen LogP contribution >= 0.6 is 11.8 Å². The van der Waals surface area contributed by atoms with Crippen LogP contribution < -0.4 is 20.5 Å². The lowest BCUT2D eigenvalue weighted by Gasteiger charge is -2.19. The van der Waals surface area contributed by atoms with Crippen LogP contribution in [-0.2, 0) is 4.79 Å². The molecule has 0 unspecified atom stereocenters. The number of hydrogen-bond acceptors (Lipinski definition) is 5. The number of hydrogen-bond donors (Lipinski definition) is 2. The number of nitrogens with two attached hydrogens (primary N) is 1. The van der Waals surface area contributed by atoms with Crippen LogP contribution in [0.2, 0.25) is 0 Å². The van der Waals surface area contributed by atoms with Crippen LogP contribution in [0.5, 0.6) is 11.5 Å². The Morgan fingerprint density at radius 1 is 1.11 bits per heavy atom. The molecule has 0 heterocycles. The summed E-state index contributed by atoms with van der Waals surface area (Å²) in [6.45, 7) is 0.792. The molecule has 2 aromatic carbocycles. The van der Waals surface area contributed by atoms with Crippen LogP contribution in [0.1, 0.15) is 6.42 Å². The molecule has 0 aromatic heterocycles. The number of rotatable bonds is 10. The first-order chi connectivity index (χ1) is 13.5. The molecule has 0 saturated carbocycles. The second-order valence-corrected chi connectivity index (χ2v) is 7.07. The Labute approximate surface area is 169 Å². The third-order valence-corrected chi connectivity index (χ3v) is 4.91. The van der Waals surface area contributed by atoms with Crippen molar-refractivity contribution in [2.45, 2.75) is 11.3 Å². The summed E-state index contributed by atoms with van der Waals surface area (Å²) in [6.07, 6.45) is 0.287. The summed E-state index contributed by atoms with van der Waals surface area (Å²) < 4.78 is 10.8. The lowest BCUT2D eigenvalue weighted by molar-refractivity contribution is -0.117. The maximum Gasteiger partial charge on any atom is 0.321 e. The fraction of sp³-hybridized carbons (Fsp3) is 0.300. The van der Waals surface area contributed by atoms with Crippen molar-refractivity contribution >= 4 is 29.4 Å². The molecule has 2 aromatic rings. The van der Waals surface area contributed by atoms with E-state index in [-0.39, 0.29) is 18.4 Å². The zero-order valence-corrected chi connectivity index (χ0v) is 16.8. The van der Waals surface area contributed by atoms with Gasteiger partial charge in [-0.2, -0.15) is 0 Å². The maximum atomic E-state index is 12.4. The summed E-state index contributed by atoms with van der Waals surface area (Å²) in [7, 11) is 3.31. The molecule has 7 nitrogen and oxygen atoms in total. The second-order valence-electron chi connectivity index (χ2n) is 5.94. The van der Waals surface area contributed by atoms with E-state index in [0.29, 0.717) is 30.3 Å². The van der Waals surface area contributed by atoms with Crippen molar-refractivity contribution in [1.29, 1.82) is 0 Å². The molecule has 0 atom stereocenters. The first-order valence-corrected chi connectivity index (χ1v) is 9.77. The van der Waals surface area contributed by atoms with Gasteiger partial charge < -0.3 is 25.4 Å². The van der Waals surface area contributed by atoms with E-state index in [1.165, 1.54) is 11.8 Å². The van der Waals surface area contributed by atoms with E-state index in [9.17, 15) is 9.59 Å². The van der Waals surface area contributed by atoms with Crippen molar-refractivity contribution in [3.05, 3.63) is 48.5 Å². The van der Waals surface area contributed by atoms with Crippen molar-refractivity contribution in [2.24, 2.45) is 5.73 Å². The highest BCUT2D eigenvalue weighted by Gasteiger charge is 2.12. The lowest BCUT2D eigenvalue weighted by Crippen LogP contribution is -2.34. The van der Waals surface area contributed by atoms with E-state index in [1.807, 2.05) is 48.5 Å². The number of methoxy groups -OCH3 is 1. The molecule has 0 aliphatic heterocycles. The van der Waals surface area contributed by atoms with Crippen molar-refractivity contribution in [1.82, 2.24) is 4.90 Å². The lowest BCUT2D eigenvalue weighted by atomic mass is 10.3. The molecule has 150 valence electrons. The van der Waals surface area contributed by atoms with Gasteiger partial charge in [-0.15, -0.1) is 11.8 Å². The van der Waals surface area contributed by atoms with Crippen molar-refractivity contribution in [3.63, 3.8) is 0 Å². The normalized spacial score (nSPS) is 10.2. The van der Waals surface area contributed by atoms with Gasteiger partial charge in [0, 0.05) is 24.1 Å². The third-order valence-electron chi connectivity index (χ3n) is 3.84. The molecule has 0 aliphatic rings. The number of benzene rings is 2. The first-order valence-electron chi connectivity index (χ1n) is 8.78. The Morgan fingerprint density at radius 2 is 1.79 bits per heavy atom. The Balaban J connectivity index is 1.82. The molecule has 3 amide bonds. The minimum atomic E-state index is -0.342. The van der Waals surface area contributed by atoms with Gasteiger partial charge in [0.25, 0.3) is 0 Å². The van der Waals surface area contributed by atoms with E-state index < -0.39 is 0 Å². The van der Waals surface area contributed by atoms with Gasteiger partial charge in [-0.05, 0) is 36.4 Å². The number of primary amides is 1. The number of anilines is 1. The smallest absolute Gasteiger partial charge is 0.321 e. The largest absolute Gasteiger partial charge is 0.497 e. The molecule has 0 spiro atoms. The van der Waals surface area contributed by atoms with Gasteiger partial charge in [0.1, 0.15) is 18.1 Å². The van der Waals surface area contributed by atoms with Gasteiger partial charge in [-0.1, -0.05) is 12.1 Å². The molecule has 2 rings (SSSR count). The zero-order chi connectivity index (χ0) is 20.4. The van der Waals surface area contributed by atoms with E-state index in [2.05, 4.69) is 5.32 Å². The zero-order valence-electron chi connectivity index (χ0n) is 16.0. The summed E-state index contributed by atoms with van der Waals surface area (Å²) in [4.78, 5) is 25.8. The third kappa shape index (κ3) is 7.03. The van der Waals surface area contributed by atoms with Crippen molar-refractivity contribution < 1.29 is 19.1 Å². The summed E-state index contributed by atoms with van der Waals surface area (Å²) in [5.74, 6) is 1.70. The summed E-state index contributed by atoms with van der Waals surface area (Å²) in [5, 5.41) is 2.89. The second kappa shape index (κ2) is 11.1. The number of carbonyl (C=O) groups is 2. The fourth-order valence-electron chi connectivity index (χ4n) is 2.24. The van der Waals surface area contributed by atoms with Gasteiger partial charge in [-0.25, -0.2) is 4.79 Å². The van der Waals surface area contributed by atoms with Gasteiger partial charge >= 0.3 is 6.03 Å². The van der Waals surface area contributed by atoms with E-state index in [1.54, 1.807) is 19.1 Å². The predicted octanol–water partition coefficient (Wildman–Crippen LogP) is 3.21. The molecule has 0 bridgehead atoms. The fourth-order valence-corrected chi connectivity index (χ4v) is 3.21. The van der Waals surface area contributed by atoms with Gasteiger partial charge in [0.2, 0.25) is 5.91 Å². The highest BCUT2D eigenvalue weighted by molar-refractivity contribution is 7.99. The highest BCUT2D eigenvalue weighted by Crippen LogP contribution is 2.27. The Hall–Kier alpha value is -2.87. The molecule has 0 fully saturated rings. The van der Waals surface area contributed by atoms with E-state index in [0.717, 1.165) is 10.6 Å². The average Bonchev–Trinajstić information content (AvgIpc) is 2.69. The number of para-hydroxylation sites is 1. The SMILES string of the molecule is COc1ccc(OCCN(C)C(=O)Nc2ccccc2SCCC(N)=O)cc1. The van der Waals surface area contributed by atoms with Crippen molar-refractivity contribution in [3.8, 4) is 11.5 Å². The summed E-state index contributed by atoms with van der Waals surface area (Å²) in [6, 6.07) is 14.5. The van der Waals surface area contributed by atoms with Crippen LogP contribution in [0, 0.1) is 0 Å². The minimum Gasteiger partial charge on any atom is -0.497 e. The van der Waals surface area contributed by atoms with Gasteiger partial charge in [-0.3, -0.25) is 4.79 Å². The topological polar surface area (TPSA) is 93.9 Å². The number of likely N-dealkylation sites (N-methyl/N-ethyl adjacent to an activating group) is 1. The van der Waals surface area contributed by atoms with Crippen LogP contribution in [0.15, 0.2) is 53.4 Å².